The summed E-state index contributed by atoms with van der Waals surface area (Å²) in [5.41, 5.74) is 1.59. The molecule has 0 aliphatic rings. The Morgan fingerprint density at radius 3 is 2.71 bits per heavy atom. The lowest BCUT2D eigenvalue weighted by Gasteiger charge is -2.19. The Morgan fingerprint density at radius 1 is 1.25 bits per heavy atom. The Bertz CT molecular complexity index is 867. The highest BCUT2D eigenvalue weighted by atomic mass is 32.1. The third-order valence-corrected chi connectivity index (χ3v) is 4.82. The maximum atomic E-state index is 13.8. The molecule has 24 heavy (non-hydrogen) atoms. The number of para-hydroxylation sites is 1. The van der Waals surface area contributed by atoms with E-state index in [9.17, 15) is 4.39 Å². The zero-order valence-corrected chi connectivity index (χ0v) is 14.1. The molecule has 1 heterocycles. The average Bonchev–Trinajstić information content (AvgIpc) is 3.04. The molecule has 3 rings (SSSR count). The maximum Gasteiger partial charge on any atom is 0.187 e. The lowest BCUT2D eigenvalue weighted by molar-refractivity contribution is 0.414. The summed E-state index contributed by atoms with van der Waals surface area (Å²) < 4.78 is 19.8. The van der Waals surface area contributed by atoms with Crippen LogP contribution in [0.5, 0.6) is 5.75 Å². The van der Waals surface area contributed by atoms with Crippen LogP contribution in [-0.4, -0.2) is 25.2 Å². The number of terminal acetylenes is 1. The molecular formula is C19H17FN2OS. The number of aromatic nitrogens is 1. The molecule has 122 valence electrons. The van der Waals surface area contributed by atoms with E-state index in [1.165, 1.54) is 23.0 Å². The van der Waals surface area contributed by atoms with Crippen LogP contribution in [0.1, 0.15) is 5.56 Å². The Labute approximate surface area is 144 Å². The fourth-order valence-electron chi connectivity index (χ4n) is 2.45. The quantitative estimate of drug-likeness (QED) is 0.631. The highest BCUT2D eigenvalue weighted by Crippen LogP contribution is 2.30. The largest absolute Gasteiger partial charge is 0.497 e. The molecule has 0 atom stereocenters. The van der Waals surface area contributed by atoms with Gasteiger partial charge in [-0.1, -0.05) is 35.5 Å². The number of methoxy groups -OCH3 is 1. The van der Waals surface area contributed by atoms with Crippen LogP contribution >= 0.6 is 11.3 Å². The van der Waals surface area contributed by atoms with Crippen LogP contribution < -0.4 is 9.64 Å². The Kier molecular flexibility index (Phi) is 4.97. The van der Waals surface area contributed by atoms with Crippen LogP contribution in [0.2, 0.25) is 0 Å². The number of ether oxygens (including phenoxy) is 1. The van der Waals surface area contributed by atoms with Crippen molar-refractivity contribution in [1.82, 2.24) is 4.98 Å². The fourth-order valence-corrected chi connectivity index (χ4v) is 3.45. The topological polar surface area (TPSA) is 25.4 Å². The van der Waals surface area contributed by atoms with Crippen molar-refractivity contribution in [3.8, 4) is 18.1 Å². The lowest BCUT2D eigenvalue weighted by Crippen LogP contribution is -2.26. The maximum absolute atomic E-state index is 13.8. The molecule has 2 aromatic carbocycles. The molecule has 0 bridgehead atoms. The van der Waals surface area contributed by atoms with Crippen molar-refractivity contribution in [1.29, 1.82) is 0 Å². The van der Waals surface area contributed by atoms with Gasteiger partial charge in [0.15, 0.2) is 5.13 Å². The number of benzene rings is 2. The van der Waals surface area contributed by atoms with Gasteiger partial charge >= 0.3 is 0 Å². The third kappa shape index (κ3) is 3.50. The zero-order valence-electron chi connectivity index (χ0n) is 13.3. The summed E-state index contributed by atoms with van der Waals surface area (Å²) in [5.74, 6) is 3.19. The zero-order chi connectivity index (χ0) is 16.9. The molecule has 1 aromatic heterocycles. The highest BCUT2D eigenvalue weighted by Gasteiger charge is 2.13. The number of thiazole rings is 1. The first-order valence-corrected chi connectivity index (χ1v) is 8.39. The predicted molar refractivity (Wildman–Crippen MR) is 97.3 cm³/mol. The van der Waals surface area contributed by atoms with Crippen LogP contribution in [0.15, 0.2) is 42.5 Å². The van der Waals surface area contributed by atoms with Crippen molar-refractivity contribution in [3.63, 3.8) is 0 Å². The van der Waals surface area contributed by atoms with E-state index in [0.717, 1.165) is 28.5 Å². The summed E-state index contributed by atoms with van der Waals surface area (Å²) in [5, 5.41) is 0.751. The molecule has 0 unspecified atom stereocenters. The van der Waals surface area contributed by atoms with Crippen molar-refractivity contribution in [3.05, 3.63) is 53.8 Å². The van der Waals surface area contributed by atoms with E-state index in [-0.39, 0.29) is 5.82 Å². The molecule has 0 saturated carbocycles. The van der Waals surface area contributed by atoms with Crippen LogP contribution in [0.3, 0.4) is 0 Å². The fraction of sp³-hybridized carbons (Fsp3) is 0.211. The molecule has 0 saturated heterocycles. The van der Waals surface area contributed by atoms with E-state index in [4.69, 9.17) is 11.2 Å². The van der Waals surface area contributed by atoms with Gasteiger partial charge in [0.05, 0.1) is 18.4 Å². The first kappa shape index (κ1) is 16.3. The number of nitrogens with zero attached hydrogens (tertiary/aromatic N) is 2. The smallest absolute Gasteiger partial charge is 0.187 e. The van der Waals surface area contributed by atoms with Crippen molar-refractivity contribution in [2.75, 3.05) is 25.1 Å². The van der Waals surface area contributed by atoms with Crippen LogP contribution in [0.25, 0.3) is 10.2 Å². The van der Waals surface area contributed by atoms with Gasteiger partial charge in [0.25, 0.3) is 0 Å². The minimum Gasteiger partial charge on any atom is -0.497 e. The molecular weight excluding hydrogens is 323 g/mol. The van der Waals surface area contributed by atoms with E-state index < -0.39 is 0 Å². The number of rotatable bonds is 6. The minimum absolute atomic E-state index is 0.300. The monoisotopic (exact) mass is 340 g/mol. The van der Waals surface area contributed by atoms with Crippen molar-refractivity contribution in [2.24, 2.45) is 0 Å². The second-order valence-corrected chi connectivity index (χ2v) is 6.32. The predicted octanol–water partition coefficient (Wildman–Crippen LogP) is 4.13. The number of fused-ring (bicyclic) bond motifs is 1. The van der Waals surface area contributed by atoms with Gasteiger partial charge in [-0.3, -0.25) is 0 Å². The summed E-state index contributed by atoms with van der Waals surface area (Å²) in [4.78, 5) is 6.43. The second kappa shape index (κ2) is 7.33. The van der Waals surface area contributed by atoms with E-state index in [2.05, 4.69) is 10.9 Å². The average molecular weight is 340 g/mol. The highest BCUT2D eigenvalue weighted by molar-refractivity contribution is 7.22. The lowest BCUT2D eigenvalue weighted by atomic mass is 10.1. The molecule has 0 N–H and O–H groups in total. The van der Waals surface area contributed by atoms with E-state index >= 15 is 0 Å². The summed E-state index contributed by atoms with van der Waals surface area (Å²) in [6.45, 7) is 1.16. The molecule has 0 amide bonds. The van der Waals surface area contributed by atoms with Crippen molar-refractivity contribution >= 4 is 26.7 Å². The first-order chi connectivity index (χ1) is 11.7. The first-order valence-electron chi connectivity index (χ1n) is 7.57. The van der Waals surface area contributed by atoms with Gasteiger partial charge in [-0.15, -0.1) is 6.42 Å². The normalized spacial score (nSPS) is 10.5. The SMILES string of the molecule is C#CCN(CCc1ccc(OC)cc1)c1nc2c(F)cccc2s1. The number of hydrogen-bond acceptors (Lipinski definition) is 4. The summed E-state index contributed by atoms with van der Waals surface area (Å²) in [6, 6.07) is 12.9. The Hall–Kier alpha value is -2.58. The van der Waals surface area contributed by atoms with E-state index in [1.807, 2.05) is 35.2 Å². The number of halogens is 1. The number of hydrogen-bond donors (Lipinski definition) is 0. The van der Waals surface area contributed by atoms with Gasteiger partial charge in [0.1, 0.15) is 17.1 Å². The number of anilines is 1. The van der Waals surface area contributed by atoms with E-state index in [0.29, 0.717) is 12.1 Å². The van der Waals surface area contributed by atoms with Gasteiger partial charge in [-0.25, -0.2) is 9.37 Å². The molecule has 3 nitrogen and oxygen atoms in total. The summed E-state index contributed by atoms with van der Waals surface area (Å²) in [7, 11) is 1.65. The van der Waals surface area contributed by atoms with Gasteiger partial charge in [0.2, 0.25) is 0 Å². The van der Waals surface area contributed by atoms with Gasteiger partial charge in [-0.05, 0) is 36.2 Å². The standard InChI is InChI=1S/C19H17FN2OS/c1-3-12-22(13-11-14-7-9-15(23-2)10-8-14)19-21-18-16(20)5-4-6-17(18)24-19/h1,4-10H,11-13H2,2H3. The van der Waals surface area contributed by atoms with Gasteiger partial charge < -0.3 is 9.64 Å². The molecule has 0 fully saturated rings. The van der Waals surface area contributed by atoms with Crippen molar-refractivity contribution in [2.45, 2.75) is 6.42 Å². The Balaban J connectivity index is 1.78. The molecule has 3 aromatic rings. The van der Waals surface area contributed by atoms with Crippen LogP contribution in [0, 0.1) is 18.2 Å². The van der Waals surface area contributed by atoms with Crippen molar-refractivity contribution < 1.29 is 9.13 Å². The van der Waals surface area contributed by atoms with Gasteiger partial charge in [-0.2, -0.15) is 0 Å². The molecule has 0 spiro atoms. The Morgan fingerprint density at radius 2 is 2.04 bits per heavy atom. The second-order valence-electron chi connectivity index (χ2n) is 5.31. The summed E-state index contributed by atoms with van der Waals surface area (Å²) >= 11 is 1.46. The van der Waals surface area contributed by atoms with E-state index in [1.54, 1.807) is 13.2 Å². The third-order valence-electron chi connectivity index (χ3n) is 3.74. The van der Waals surface area contributed by atoms with Crippen LogP contribution in [-0.2, 0) is 6.42 Å². The van der Waals surface area contributed by atoms with Gasteiger partial charge in [0, 0.05) is 6.54 Å². The molecule has 0 aliphatic carbocycles. The minimum atomic E-state index is -0.300. The molecule has 0 aliphatic heterocycles. The molecule has 5 heteroatoms. The molecule has 0 radical (unpaired) electrons. The summed E-state index contributed by atoms with van der Waals surface area (Å²) in [6.07, 6.45) is 6.32. The van der Waals surface area contributed by atoms with Crippen LogP contribution in [0.4, 0.5) is 9.52 Å².